The molecule has 0 fully saturated rings. The van der Waals surface area contributed by atoms with Gasteiger partial charge in [0.25, 0.3) is 0 Å². The number of nitrogens with zero attached hydrogens (tertiary/aromatic N) is 1. The molecule has 86 valence electrons. The van der Waals surface area contributed by atoms with Gasteiger partial charge < -0.3 is 9.84 Å². The third-order valence-corrected chi connectivity index (χ3v) is 2.42. The quantitative estimate of drug-likeness (QED) is 0.795. The van der Waals surface area contributed by atoms with Crippen molar-refractivity contribution in [3.63, 3.8) is 0 Å². The van der Waals surface area contributed by atoms with E-state index in [0.717, 1.165) is 0 Å². The van der Waals surface area contributed by atoms with Gasteiger partial charge in [0, 0.05) is 0 Å². The van der Waals surface area contributed by atoms with Crippen LogP contribution in [0.3, 0.4) is 0 Å². The molecule has 0 spiro atoms. The van der Waals surface area contributed by atoms with Gasteiger partial charge in [-0.05, 0) is 13.0 Å². The molecule has 1 heterocycles. The molecule has 0 saturated carbocycles. The Balaban J connectivity index is 2.74. The van der Waals surface area contributed by atoms with Crippen LogP contribution in [0.2, 0.25) is 0 Å². The number of aliphatic carboxylic acids is 1. The van der Waals surface area contributed by atoms with E-state index >= 15 is 0 Å². The highest BCUT2D eigenvalue weighted by Crippen LogP contribution is 2.16. The van der Waals surface area contributed by atoms with E-state index in [2.05, 4.69) is 4.98 Å². The lowest BCUT2D eigenvalue weighted by Gasteiger charge is -1.98. The van der Waals surface area contributed by atoms with Crippen LogP contribution in [0.1, 0.15) is 28.7 Å². The van der Waals surface area contributed by atoms with Gasteiger partial charge in [0.1, 0.15) is 0 Å². The minimum absolute atomic E-state index is 0.0832. The molecule has 0 aliphatic carbocycles. The number of carboxylic acids is 1. The maximum Gasteiger partial charge on any atom is 0.358 e. The highest BCUT2D eigenvalue weighted by atomic mass is 32.1. The molecule has 0 atom stereocenters. The third kappa shape index (κ3) is 3.47. The standard InChI is InChI=1S/C10H11NO4S/c1-2-15-10(14)9-7(16-6-11-9)4-3-5-8(12)13/h3-4,6H,2,5H2,1H3,(H,12,13). The summed E-state index contributed by atoms with van der Waals surface area (Å²) in [4.78, 5) is 26.2. The number of esters is 1. The fourth-order valence-corrected chi connectivity index (χ4v) is 1.69. The number of aromatic nitrogens is 1. The largest absolute Gasteiger partial charge is 0.481 e. The maximum absolute atomic E-state index is 11.4. The molecule has 0 amide bonds. The Morgan fingerprint density at radius 3 is 3.00 bits per heavy atom. The molecule has 0 aromatic carbocycles. The van der Waals surface area contributed by atoms with Crippen molar-refractivity contribution in [1.82, 2.24) is 4.98 Å². The van der Waals surface area contributed by atoms with Crippen molar-refractivity contribution >= 4 is 29.4 Å². The zero-order valence-electron chi connectivity index (χ0n) is 8.67. The Kier molecular flexibility index (Phi) is 4.65. The third-order valence-electron chi connectivity index (χ3n) is 1.63. The van der Waals surface area contributed by atoms with Crippen LogP contribution in [0.4, 0.5) is 0 Å². The molecule has 16 heavy (non-hydrogen) atoms. The van der Waals surface area contributed by atoms with E-state index in [-0.39, 0.29) is 18.7 Å². The highest BCUT2D eigenvalue weighted by molar-refractivity contribution is 7.10. The first-order chi connectivity index (χ1) is 7.65. The smallest absolute Gasteiger partial charge is 0.358 e. The molecule has 0 radical (unpaired) electrons. The van der Waals surface area contributed by atoms with E-state index in [0.29, 0.717) is 4.88 Å². The van der Waals surface area contributed by atoms with Crippen LogP contribution in [0.5, 0.6) is 0 Å². The van der Waals surface area contributed by atoms with Crippen LogP contribution in [0, 0.1) is 0 Å². The second kappa shape index (κ2) is 6.02. The minimum atomic E-state index is -0.918. The summed E-state index contributed by atoms with van der Waals surface area (Å²) in [6, 6.07) is 0. The van der Waals surface area contributed by atoms with Crippen LogP contribution < -0.4 is 0 Å². The first-order valence-corrected chi connectivity index (χ1v) is 5.52. The lowest BCUT2D eigenvalue weighted by Crippen LogP contribution is -2.06. The van der Waals surface area contributed by atoms with Gasteiger partial charge >= 0.3 is 11.9 Å². The van der Waals surface area contributed by atoms with Crippen molar-refractivity contribution in [2.24, 2.45) is 0 Å². The van der Waals surface area contributed by atoms with Gasteiger partial charge in [0.2, 0.25) is 0 Å². The van der Waals surface area contributed by atoms with E-state index < -0.39 is 11.9 Å². The van der Waals surface area contributed by atoms with Gasteiger partial charge in [0.15, 0.2) is 5.69 Å². The summed E-state index contributed by atoms with van der Waals surface area (Å²) in [6.45, 7) is 2.00. The van der Waals surface area contributed by atoms with E-state index in [9.17, 15) is 9.59 Å². The molecule has 0 unspecified atom stereocenters. The normalized spacial score (nSPS) is 10.6. The van der Waals surface area contributed by atoms with Crippen molar-refractivity contribution < 1.29 is 19.4 Å². The van der Waals surface area contributed by atoms with Crippen molar-refractivity contribution in [3.05, 3.63) is 22.2 Å². The lowest BCUT2D eigenvalue weighted by molar-refractivity contribution is -0.135. The molecule has 0 aliphatic rings. The van der Waals surface area contributed by atoms with E-state index in [4.69, 9.17) is 9.84 Å². The zero-order chi connectivity index (χ0) is 12.0. The first kappa shape index (κ1) is 12.4. The van der Waals surface area contributed by atoms with Crippen molar-refractivity contribution in [2.75, 3.05) is 6.61 Å². The number of ether oxygens (including phenoxy) is 1. The summed E-state index contributed by atoms with van der Waals surface area (Å²) in [5.74, 6) is -1.41. The summed E-state index contributed by atoms with van der Waals surface area (Å²) in [5.41, 5.74) is 1.75. The Bertz CT molecular complexity index is 411. The average molecular weight is 241 g/mol. The highest BCUT2D eigenvalue weighted by Gasteiger charge is 2.13. The monoisotopic (exact) mass is 241 g/mol. The SMILES string of the molecule is CCOC(=O)c1ncsc1C=CCC(=O)O. The predicted octanol–water partition coefficient (Wildman–Crippen LogP) is 1.81. The van der Waals surface area contributed by atoms with Crippen LogP contribution >= 0.6 is 11.3 Å². The molecule has 0 bridgehead atoms. The number of carbonyl (C=O) groups excluding carboxylic acids is 1. The molecular weight excluding hydrogens is 230 g/mol. The number of rotatable bonds is 5. The fourth-order valence-electron chi connectivity index (χ4n) is 0.993. The number of thiazole rings is 1. The molecule has 1 aromatic rings. The summed E-state index contributed by atoms with van der Waals surface area (Å²) in [5, 5.41) is 8.45. The maximum atomic E-state index is 11.4. The Morgan fingerprint density at radius 2 is 2.38 bits per heavy atom. The minimum Gasteiger partial charge on any atom is -0.481 e. The van der Waals surface area contributed by atoms with E-state index in [1.807, 2.05) is 0 Å². The molecule has 0 aliphatic heterocycles. The predicted molar refractivity (Wildman–Crippen MR) is 59.4 cm³/mol. The van der Waals surface area contributed by atoms with Gasteiger partial charge in [-0.3, -0.25) is 4.79 Å². The number of hydrogen-bond acceptors (Lipinski definition) is 5. The zero-order valence-corrected chi connectivity index (χ0v) is 9.49. The average Bonchev–Trinajstić information content (AvgIpc) is 2.66. The van der Waals surface area contributed by atoms with Crippen LogP contribution in [-0.2, 0) is 9.53 Å². The van der Waals surface area contributed by atoms with Gasteiger partial charge in [-0.15, -0.1) is 11.3 Å². The molecule has 1 N–H and O–H groups in total. The molecule has 6 heteroatoms. The van der Waals surface area contributed by atoms with Crippen molar-refractivity contribution in [3.8, 4) is 0 Å². The summed E-state index contributed by atoms with van der Waals surface area (Å²) < 4.78 is 4.81. The van der Waals surface area contributed by atoms with Crippen molar-refractivity contribution in [2.45, 2.75) is 13.3 Å². The summed E-state index contributed by atoms with van der Waals surface area (Å²) in [7, 11) is 0. The Morgan fingerprint density at radius 1 is 1.62 bits per heavy atom. The second-order valence-electron chi connectivity index (χ2n) is 2.79. The van der Waals surface area contributed by atoms with E-state index in [1.165, 1.54) is 22.9 Å². The van der Waals surface area contributed by atoms with E-state index in [1.54, 1.807) is 13.0 Å². The first-order valence-electron chi connectivity index (χ1n) is 4.64. The summed E-state index contributed by atoms with van der Waals surface area (Å²) in [6.07, 6.45) is 2.96. The summed E-state index contributed by atoms with van der Waals surface area (Å²) >= 11 is 1.26. The number of carboxylic acid groups (broad SMARTS) is 1. The fraction of sp³-hybridized carbons (Fsp3) is 0.300. The Labute approximate surface area is 96.4 Å². The molecular formula is C10H11NO4S. The number of carbonyl (C=O) groups is 2. The molecule has 0 saturated heterocycles. The van der Waals surface area contributed by atoms with Crippen LogP contribution in [0.25, 0.3) is 6.08 Å². The van der Waals surface area contributed by atoms with Crippen molar-refractivity contribution in [1.29, 1.82) is 0 Å². The van der Waals surface area contributed by atoms with Crippen LogP contribution in [0.15, 0.2) is 11.6 Å². The number of hydrogen-bond donors (Lipinski definition) is 1. The molecule has 5 nitrogen and oxygen atoms in total. The van der Waals surface area contributed by atoms with Crippen LogP contribution in [-0.4, -0.2) is 28.6 Å². The molecule has 1 aromatic heterocycles. The molecule has 1 rings (SSSR count). The van der Waals surface area contributed by atoms with Gasteiger partial charge in [-0.2, -0.15) is 0 Å². The Hall–Kier alpha value is -1.69. The van der Waals surface area contributed by atoms with Gasteiger partial charge in [0.05, 0.1) is 23.4 Å². The van der Waals surface area contributed by atoms with Gasteiger partial charge in [-0.1, -0.05) is 6.08 Å². The topological polar surface area (TPSA) is 76.5 Å². The van der Waals surface area contributed by atoms with Gasteiger partial charge in [-0.25, -0.2) is 9.78 Å². The second-order valence-corrected chi connectivity index (χ2v) is 3.67. The lowest BCUT2D eigenvalue weighted by atomic mass is 10.3.